The third-order valence-corrected chi connectivity index (χ3v) is 4.25. The van der Waals surface area contributed by atoms with Crippen molar-refractivity contribution in [2.24, 2.45) is 0 Å². The van der Waals surface area contributed by atoms with Crippen molar-refractivity contribution in [1.82, 2.24) is 25.0 Å². The van der Waals surface area contributed by atoms with Crippen molar-refractivity contribution in [2.75, 3.05) is 39.4 Å². The van der Waals surface area contributed by atoms with Crippen LogP contribution < -0.4 is 0 Å². The summed E-state index contributed by atoms with van der Waals surface area (Å²) >= 11 is 0. The first kappa shape index (κ1) is 14.5. The van der Waals surface area contributed by atoms with Crippen molar-refractivity contribution < 1.29 is 9.53 Å². The molecule has 0 saturated carbocycles. The van der Waals surface area contributed by atoms with Gasteiger partial charge < -0.3 is 9.64 Å². The molecule has 116 valence electrons. The van der Waals surface area contributed by atoms with Gasteiger partial charge in [0.15, 0.2) is 0 Å². The first-order chi connectivity index (χ1) is 10.1. The maximum atomic E-state index is 12.4. The quantitative estimate of drug-likeness (QED) is 0.877. The largest absolute Gasteiger partial charge is 0.379 e. The fourth-order valence-corrected chi connectivity index (χ4v) is 2.94. The molecule has 1 aromatic heterocycles. The number of carbonyl (C=O) groups excluding carboxylic acids is 1. The Balaban J connectivity index is 1.60. The SMILES string of the molecule is CC(C)c1nc(C(=O)N2CCC(N3CCOCC3)C2)n[nH]1. The van der Waals surface area contributed by atoms with E-state index in [0.29, 0.717) is 11.9 Å². The predicted molar refractivity (Wildman–Crippen MR) is 77.2 cm³/mol. The lowest BCUT2D eigenvalue weighted by Gasteiger charge is -2.31. The third-order valence-electron chi connectivity index (χ3n) is 4.25. The number of hydrogen-bond donors (Lipinski definition) is 1. The van der Waals surface area contributed by atoms with Gasteiger partial charge in [-0.05, 0) is 6.42 Å². The summed E-state index contributed by atoms with van der Waals surface area (Å²) in [6.45, 7) is 9.12. The molecule has 21 heavy (non-hydrogen) atoms. The van der Waals surface area contributed by atoms with E-state index in [2.05, 4.69) is 20.1 Å². The Hall–Kier alpha value is -1.47. The van der Waals surface area contributed by atoms with E-state index in [-0.39, 0.29) is 11.8 Å². The topological polar surface area (TPSA) is 74.3 Å². The van der Waals surface area contributed by atoms with E-state index >= 15 is 0 Å². The predicted octanol–water partition coefficient (Wildman–Crippen LogP) is 0.475. The van der Waals surface area contributed by atoms with Crippen LogP contribution in [0.3, 0.4) is 0 Å². The van der Waals surface area contributed by atoms with Gasteiger partial charge in [-0.15, -0.1) is 5.10 Å². The molecule has 3 rings (SSSR count). The highest BCUT2D eigenvalue weighted by atomic mass is 16.5. The molecule has 0 aliphatic carbocycles. The summed E-state index contributed by atoms with van der Waals surface area (Å²) < 4.78 is 5.38. The maximum Gasteiger partial charge on any atom is 0.293 e. The van der Waals surface area contributed by atoms with Gasteiger partial charge in [0.25, 0.3) is 5.91 Å². The highest BCUT2D eigenvalue weighted by molar-refractivity contribution is 5.90. The van der Waals surface area contributed by atoms with E-state index in [9.17, 15) is 4.79 Å². The second-order valence-corrected chi connectivity index (χ2v) is 6.04. The van der Waals surface area contributed by atoms with E-state index in [4.69, 9.17) is 4.74 Å². The van der Waals surface area contributed by atoms with Crippen LogP contribution in [0.25, 0.3) is 0 Å². The van der Waals surface area contributed by atoms with Crippen molar-refractivity contribution in [1.29, 1.82) is 0 Å². The van der Waals surface area contributed by atoms with Gasteiger partial charge in [0.05, 0.1) is 13.2 Å². The number of H-pyrrole nitrogens is 1. The molecular weight excluding hydrogens is 270 g/mol. The number of morpholine rings is 1. The number of aromatic amines is 1. The van der Waals surface area contributed by atoms with Crippen molar-refractivity contribution in [3.05, 3.63) is 11.6 Å². The first-order valence-corrected chi connectivity index (χ1v) is 7.68. The Morgan fingerprint density at radius 2 is 2.10 bits per heavy atom. The summed E-state index contributed by atoms with van der Waals surface area (Å²) in [6.07, 6.45) is 1.02. The normalized spacial score (nSPS) is 24.0. The Bertz CT molecular complexity index is 495. The van der Waals surface area contributed by atoms with E-state index in [1.807, 2.05) is 18.7 Å². The lowest BCUT2D eigenvalue weighted by molar-refractivity contribution is 0.0184. The summed E-state index contributed by atoms with van der Waals surface area (Å²) in [5.41, 5.74) is 0. The summed E-state index contributed by atoms with van der Waals surface area (Å²) in [6, 6.07) is 0.446. The fraction of sp³-hybridized carbons (Fsp3) is 0.786. The smallest absolute Gasteiger partial charge is 0.293 e. The minimum atomic E-state index is -0.0612. The second-order valence-electron chi connectivity index (χ2n) is 6.04. The van der Waals surface area contributed by atoms with Crippen LogP contribution in [0.1, 0.15) is 42.6 Å². The Labute approximate surface area is 124 Å². The first-order valence-electron chi connectivity index (χ1n) is 7.68. The number of amides is 1. The average molecular weight is 293 g/mol. The van der Waals surface area contributed by atoms with E-state index < -0.39 is 0 Å². The molecule has 0 spiro atoms. The minimum Gasteiger partial charge on any atom is -0.379 e. The van der Waals surface area contributed by atoms with Crippen LogP contribution in [0.2, 0.25) is 0 Å². The summed E-state index contributed by atoms with van der Waals surface area (Å²) in [4.78, 5) is 21.0. The van der Waals surface area contributed by atoms with Gasteiger partial charge in [0, 0.05) is 38.1 Å². The van der Waals surface area contributed by atoms with Crippen LogP contribution in [-0.4, -0.2) is 76.3 Å². The average Bonchev–Trinajstić information content (AvgIpc) is 3.17. The van der Waals surface area contributed by atoms with Crippen LogP contribution >= 0.6 is 0 Å². The highest BCUT2D eigenvalue weighted by Crippen LogP contribution is 2.18. The van der Waals surface area contributed by atoms with E-state index in [1.165, 1.54) is 0 Å². The second kappa shape index (κ2) is 6.11. The number of nitrogens with zero attached hydrogens (tertiary/aromatic N) is 4. The molecule has 2 fully saturated rings. The molecule has 1 N–H and O–H groups in total. The Morgan fingerprint density at radius 1 is 1.33 bits per heavy atom. The number of likely N-dealkylation sites (tertiary alicyclic amines) is 1. The molecule has 1 unspecified atom stereocenters. The van der Waals surface area contributed by atoms with Crippen LogP contribution in [0, 0.1) is 0 Å². The Morgan fingerprint density at radius 3 is 2.76 bits per heavy atom. The van der Waals surface area contributed by atoms with Crippen LogP contribution in [-0.2, 0) is 4.74 Å². The molecular formula is C14H23N5O2. The molecule has 2 aliphatic heterocycles. The molecule has 3 heterocycles. The molecule has 0 aromatic carbocycles. The van der Waals surface area contributed by atoms with E-state index in [0.717, 1.165) is 51.6 Å². The van der Waals surface area contributed by atoms with Gasteiger partial charge in [0.2, 0.25) is 5.82 Å². The fourth-order valence-electron chi connectivity index (χ4n) is 2.94. The monoisotopic (exact) mass is 293 g/mol. The maximum absolute atomic E-state index is 12.4. The zero-order valence-electron chi connectivity index (χ0n) is 12.7. The van der Waals surface area contributed by atoms with Gasteiger partial charge in [-0.1, -0.05) is 13.8 Å². The zero-order chi connectivity index (χ0) is 14.8. The molecule has 1 atom stereocenters. The summed E-state index contributed by atoms with van der Waals surface area (Å²) in [7, 11) is 0. The number of hydrogen-bond acceptors (Lipinski definition) is 5. The standard InChI is InChI=1S/C14H23N5O2/c1-10(2)12-15-13(17-16-12)14(20)19-4-3-11(9-19)18-5-7-21-8-6-18/h10-11H,3-9H2,1-2H3,(H,15,16,17). The van der Waals surface area contributed by atoms with Gasteiger partial charge in [-0.2, -0.15) is 0 Å². The molecule has 0 radical (unpaired) electrons. The van der Waals surface area contributed by atoms with Crippen molar-refractivity contribution >= 4 is 5.91 Å². The van der Waals surface area contributed by atoms with Gasteiger partial charge in [0.1, 0.15) is 5.82 Å². The van der Waals surface area contributed by atoms with Crippen LogP contribution in [0.5, 0.6) is 0 Å². The molecule has 7 heteroatoms. The Kier molecular flexibility index (Phi) is 4.21. The number of ether oxygens (including phenoxy) is 1. The molecule has 2 aliphatic rings. The lowest BCUT2D eigenvalue weighted by atomic mass is 10.2. The summed E-state index contributed by atoms with van der Waals surface area (Å²) in [5.74, 6) is 1.25. The van der Waals surface area contributed by atoms with Crippen molar-refractivity contribution in [3.8, 4) is 0 Å². The lowest BCUT2D eigenvalue weighted by Crippen LogP contribution is -2.45. The molecule has 1 amide bonds. The van der Waals surface area contributed by atoms with Gasteiger partial charge in [-0.3, -0.25) is 14.8 Å². The molecule has 1 aromatic rings. The van der Waals surface area contributed by atoms with Gasteiger partial charge in [-0.25, -0.2) is 4.98 Å². The van der Waals surface area contributed by atoms with Crippen molar-refractivity contribution in [3.63, 3.8) is 0 Å². The molecule has 2 saturated heterocycles. The van der Waals surface area contributed by atoms with Crippen LogP contribution in [0.15, 0.2) is 0 Å². The number of rotatable bonds is 3. The number of aromatic nitrogens is 3. The zero-order valence-corrected chi connectivity index (χ0v) is 12.7. The van der Waals surface area contributed by atoms with Crippen LogP contribution in [0.4, 0.5) is 0 Å². The number of carbonyl (C=O) groups is 1. The molecule has 0 bridgehead atoms. The number of nitrogens with one attached hydrogen (secondary N) is 1. The van der Waals surface area contributed by atoms with Crippen molar-refractivity contribution in [2.45, 2.75) is 32.2 Å². The molecule has 7 nitrogen and oxygen atoms in total. The van der Waals surface area contributed by atoms with Gasteiger partial charge >= 0.3 is 0 Å². The minimum absolute atomic E-state index is 0.0612. The van der Waals surface area contributed by atoms with E-state index in [1.54, 1.807) is 0 Å². The highest BCUT2D eigenvalue weighted by Gasteiger charge is 2.32. The third kappa shape index (κ3) is 3.08. The summed E-state index contributed by atoms with van der Waals surface area (Å²) in [5, 5.41) is 6.91.